The molecule has 0 saturated carbocycles. The molecule has 1 rings (SSSR count). The molecule has 7 heteroatoms. The zero-order valence-electron chi connectivity index (χ0n) is 15.0. The number of nitrogens with zero attached hydrogens (tertiary/aromatic N) is 3. The fraction of sp³-hybridized carbons (Fsp3) is 0.333. The summed E-state index contributed by atoms with van der Waals surface area (Å²) in [6.45, 7) is 11.1. The Labute approximate surface area is 150 Å². The quantitative estimate of drug-likeness (QED) is 0.350. The van der Waals surface area contributed by atoms with E-state index in [1.54, 1.807) is 24.6 Å². The van der Waals surface area contributed by atoms with E-state index < -0.39 is 12.0 Å². The first kappa shape index (κ1) is 21.0. The summed E-state index contributed by atoms with van der Waals surface area (Å²) in [5.41, 5.74) is 4.70. The second-order valence-corrected chi connectivity index (χ2v) is 6.60. The number of hydrogen-bond donors (Lipinski definition) is 0. The van der Waals surface area contributed by atoms with Crippen LogP contribution in [0.25, 0.3) is 5.57 Å². The Bertz CT molecular complexity index is 746. The van der Waals surface area contributed by atoms with Crippen molar-refractivity contribution in [1.29, 1.82) is 0 Å². The fourth-order valence-corrected chi connectivity index (χ4v) is 2.56. The number of alkyl halides is 3. The SMILES string of the molecule is C=C/C=C\C(N=CS/C(C)=C(\C)c1cnc(C(F)(F)F)n1C)=C(C)C. The van der Waals surface area contributed by atoms with Gasteiger partial charge in [0, 0.05) is 7.05 Å². The van der Waals surface area contributed by atoms with Crippen molar-refractivity contribution in [2.24, 2.45) is 12.0 Å². The molecule has 0 radical (unpaired) electrons. The van der Waals surface area contributed by atoms with Crippen LogP contribution in [0.3, 0.4) is 0 Å². The molecule has 0 aliphatic carbocycles. The Morgan fingerprint density at radius 3 is 2.40 bits per heavy atom. The van der Waals surface area contributed by atoms with Gasteiger partial charge in [0.05, 0.1) is 23.1 Å². The number of imidazole rings is 1. The molecule has 0 amide bonds. The molecule has 1 aromatic rings. The zero-order chi connectivity index (χ0) is 19.2. The highest BCUT2D eigenvalue weighted by Crippen LogP contribution is 2.31. The molecule has 0 aliphatic heterocycles. The summed E-state index contributed by atoms with van der Waals surface area (Å²) in [4.78, 5) is 8.73. The molecular formula is C18H22F3N3S. The van der Waals surface area contributed by atoms with Crippen molar-refractivity contribution in [1.82, 2.24) is 9.55 Å². The van der Waals surface area contributed by atoms with Crippen molar-refractivity contribution in [3.05, 3.63) is 58.7 Å². The summed E-state index contributed by atoms with van der Waals surface area (Å²) in [5, 5.41) is 0. The Hall–Kier alpha value is -2.02. The maximum absolute atomic E-state index is 12.9. The van der Waals surface area contributed by atoms with E-state index >= 15 is 0 Å². The van der Waals surface area contributed by atoms with Gasteiger partial charge in [-0.1, -0.05) is 36.1 Å². The predicted molar refractivity (Wildman–Crippen MR) is 100 cm³/mol. The minimum atomic E-state index is -4.47. The minimum absolute atomic E-state index is 0.430. The Balaban J connectivity index is 3.02. The summed E-state index contributed by atoms with van der Waals surface area (Å²) in [5.74, 6) is -0.908. The van der Waals surface area contributed by atoms with E-state index in [-0.39, 0.29) is 0 Å². The molecule has 0 bridgehead atoms. The summed E-state index contributed by atoms with van der Waals surface area (Å²) in [6.07, 6.45) is 2.09. The van der Waals surface area contributed by atoms with E-state index in [0.29, 0.717) is 5.69 Å². The van der Waals surface area contributed by atoms with Crippen LogP contribution in [-0.2, 0) is 13.2 Å². The van der Waals surface area contributed by atoms with E-state index in [0.717, 1.165) is 26.3 Å². The number of thioether (sulfide) groups is 1. The highest BCUT2D eigenvalue weighted by Gasteiger charge is 2.36. The normalized spacial score (nSPS) is 13.4. The Morgan fingerprint density at radius 2 is 1.92 bits per heavy atom. The number of halogens is 3. The lowest BCUT2D eigenvalue weighted by molar-refractivity contribution is -0.146. The summed E-state index contributed by atoms with van der Waals surface area (Å²) < 4.78 is 39.6. The second kappa shape index (κ2) is 8.89. The van der Waals surface area contributed by atoms with Crippen LogP contribution < -0.4 is 0 Å². The molecule has 136 valence electrons. The van der Waals surface area contributed by atoms with Crippen LogP contribution in [0.15, 0.2) is 52.2 Å². The van der Waals surface area contributed by atoms with Crippen LogP contribution in [0.5, 0.6) is 0 Å². The van der Waals surface area contributed by atoms with E-state index in [4.69, 9.17) is 0 Å². The Kier molecular flexibility index (Phi) is 7.48. The first-order valence-electron chi connectivity index (χ1n) is 7.52. The number of aliphatic imine (C=N–C) groups is 1. The van der Waals surface area contributed by atoms with Crippen molar-refractivity contribution in [2.75, 3.05) is 0 Å². The molecule has 0 aromatic carbocycles. The highest BCUT2D eigenvalue weighted by atomic mass is 32.2. The molecule has 3 nitrogen and oxygen atoms in total. The lowest BCUT2D eigenvalue weighted by Crippen LogP contribution is -2.13. The summed E-state index contributed by atoms with van der Waals surface area (Å²) in [7, 11) is 1.36. The van der Waals surface area contributed by atoms with Crippen molar-refractivity contribution in [3.8, 4) is 0 Å². The molecule has 1 aromatic heterocycles. The molecule has 0 spiro atoms. The van der Waals surface area contributed by atoms with E-state index in [9.17, 15) is 13.2 Å². The van der Waals surface area contributed by atoms with Gasteiger partial charge < -0.3 is 4.57 Å². The fourth-order valence-electron chi connectivity index (χ4n) is 1.95. The number of rotatable bonds is 6. The summed E-state index contributed by atoms with van der Waals surface area (Å²) in [6, 6.07) is 0. The van der Waals surface area contributed by atoms with Crippen molar-refractivity contribution in [3.63, 3.8) is 0 Å². The van der Waals surface area contributed by atoms with E-state index in [2.05, 4.69) is 16.6 Å². The smallest absolute Gasteiger partial charge is 0.324 e. The van der Waals surface area contributed by atoms with Crippen LogP contribution >= 0.6 is 11.8 Å². The highest BCUT2D eigenvalue weighted by molar-refractivity contribution is 8.15. The largest absolute Gasteiger partial charge is 0.449 e. The van der Waals surface area contributed by atoms with Gasteiger partial charge in [-0.15, -0.1) is 0 Å². The third-order valence-corrected chi connectivity index (χ3v) is 4.35. The van der Waals surface area contributed by atoms with Crippen LogP contribution in [-0.4, -0.2) is 15.1 Å². The van der Waals surface area contributed by atoms with Crippen LogP contribution in [0.4, 0.5) is 13.2 Å². The topological polar surface area (TPSA) is 30.2 Å². The minimum Gasteiger partial charge on any atom is -0.324 e. The Morgan fingerprint density at radius 1 is 1.28 bits per heavy atom. The molecule has 0 saturated heterocycles. The molecule has 0 N–H and O–H groups in total. The number of aromatic nitrogens is 2. The third-order valence-electron chi connectivity index (χ3n) is 3.48. The summed E-state index contributed by atoms with van der Waals surface area (Å²) >= 11 is 1.36. The van der Waals surface area contributed by atoms with Crippen molar-refractivity contribution < 1.29 is 13.2 Å². The van der Waals surface area contributed by atoms with Gasteiger partial charge in [0.25, 0.3) is 0 Å². The van der Waals surface area contributed by atoms with Gasteiger partial charge >= 0.3 is 6.18 Å². The lowest BCUT2D eigenvalue weighted by Gasteiger charge is -2.10. The van der Waals surface area contributed by atoms with Gasteiger partial charge in [0.15, 0.2) is 0 Å². The van der Waals surface area contributed by atoms with Gasteiger partial charge in [-0.3, -0.25) is 0 Å². The monoisotopic (exact) mass is 369 g/mol. The van der Waals surface area contributed by atoms with E-state index in [1.165, 1.54) is 25.0 Å². The standard InChI is InChI=1S/C18H22F3N3S/c1-7-8-9-15(12(2)3)23-11-25-14(5)13(4)16-10-22-17(24(16)6)18(19,20)21/h7-11H,1H2,2-6H3/b9-8-,14-13+,23-11?. The third kappa shape index (κ3) is 5.77. The zero-order valence-corrected chi connectivity index (χ0v) is 15.8. The molecular weight excluding hydrogens is 347 g/mol. The molecule has 25 heavy (non-hydrogen) atoms. The molecule has 0 fully saturated rings. The predicted octanol–water partition coefficient (Wildman–Crippen LogP) is 5.99. The van der Waals surface area contributed by atoms with Crippen molar-refractivity contribution in [2.45, 2.75) is 33.9 Å². The average Bonchev–Trinajstić information content (AvgIpc) is 2.91. The van der Waals surface area contributed by atoms with Crippen LogP contribution in [0, 0.1) is 0 Å². The molecule has 0 unspecified atom stereocenters. The second-order valence-electron chi connectivity index (χ2n) is 5.54. The number of allylic oxidation sites excluding steroid dienone is 6. The van der Waals surface area contributed by atoms with Crippen LogP contribution in [0.2, 0.25) is 0 Å². The van der Waals surface area contributed by atoms with Gasteiger partial charge in [0.1, 0.15) is 0 Å². The molecule has 1 heterocycles. The van der Waals surface area contributed by atoms with Crippen molar-refractivity contribution >= 4 is 22.9 Å². The lowest BCUT2D eigenvalue weighted by atomic mass is 10.2. The van der Waals surface area contributed by atoms with Crippen LogP contribution in [0.1, 0.15) is 39.2 Å². The first-order chi connectivity index (χ1) is 11.6. The average molecular weight is 369 g/mol. The van der Waals surface area contributed by atoms with Gasteiger partial charge in [0.2, 0.25) is 5.82 Å². The maximum Gasteiger partial charge on any atom is 0.449 e. The van der Waals surface area contributed by atoms with Gasteiger partial charge in [-0.25, -0.2) is 9.98 Å². The maximum atomic E-state index is 12.9. The first-order valence-corrected chi connectivity index (χ1v) is 8.40. The van der Waals surface area contributed by atoms with Gasteiger partial charge in [-0.2, -0.15) is 13.2 Å². The molecule has 0 atom stereocenters. The van der Waals surface area contributed by atoms with E-state index in [1.807, 2.05) is 26.8 Å². The molecule has 0 aliphatic rings. The van der Waals surface area contributed by atoms with Gasteiger partial charge in [-0.05, 0) is 44.2 Å². The number of hydrogen-bond acceptors (Lipinski definition) is 3.